The molecule has 0 saturated heterocycles. The van der Waals surface area contributed by atoms with Gasteiger partial charge >= 0.3 is 0 Å². The van der Waals surface area contributed by atoms with Gasteiger partial charge < -0.3 is 5.32 Å². The third-order valence-electron chi connectivity index (χ3n) is 5.53. The zero-order valence-corrected chi connectivity index (χ0v) is 16.6. The summed E-state index contributed by atoms with van der Waals surface area (Å²) in [5.74, 6) is 0. The number of aromatic nitrogens is 1. The fourth-order valence-corrected chi connectivity index (χ4v) is 3.99. The molecule has 29 heavy (non-hydrogen) atoms. The Labute approximate surface area is 170 Å². The number of nitrogens with one attached hydrogen (secondary N) is 1. The number of benzene rings is 4. The molecule has 4 aromatic carbocycles. The molecule has 0 aliphatic heterocycles. The van der Waals surface area contributed by atoms with Crippen molar-refractivity contribution in [1.82, 2.24) is 4.98 Å². The Morgan fingerprint density at radius 1 is 0.621 bits per heavy atom. The van der Waals surface area contributed by atoms with Gasteiger partial charge in [-0.3, -0.25) is 0 Å². The zero-order chi connectivity index (χ0) is 19.8. The van der Waals surface area contributed by atoms with Crippen LogP contribution in [0.25, 0.3) is 32.9 Å². The van der Waals surface area contributed by atoms with Crippen LogP contribution >= 0.6 is 0 Å². The van der Waals surface area contributed by atoms with Gasteiger partial charge in [0.25, 0.3) is 0 Å². The van der Waals surface area contributed by atoms with Crippen LogP contribution in [-0.4, -0.2) is 4.98 Å². The van der Waals surface area contributed by atoms with E-state index in [1.807, 2.05) is 0 Å². The minimum absolute atomic E-state index is 0.987. The van der Waals surface area contributed by atoms with E-state index in [2.05, 4.69) is 110 Å². The van der Waals surface area contributed by atoms with E-state index in [-0.39, 0.29) is 0 Å². The fraction of sp³-hybridized carbons (Fsp3) is 0.0741. The number of fused-ring (bicyclic) bond motifs is 2. The summed E-state index contributed by atoms with van der Waals surface area (Å²) in [6.07, 6.45) is 0. The van der Waals surface area contributed by atoms with E-state index in [1.165, 1.54) is 21.9 Å². The van der Waals surface area contributed by atoms with Crippen LogP contribution in [-0.2, 0) is 0 Å². The SMILES string of the molecule is Cc1cccc(C)c1Nc1cccc2ccc(-c3cccc4ccccc34)nc12. The molecule has 0 fully saturated rings. The van der Waals surface area contributed by atoms with Crippen molar-refractivity contribution in [1.29, 1.82) is 0 Å². The molecular weight excluding hydrogens is 352 g/mol. The van der Waals surface area contributed by atoms with Crippen LogP contribution in [0.4, 0.5) is 11.4 Å². The molecule has 1 heterocycles. The van der Waals surface area contributed by atoms with Gasteiger partial charge in [0, 0.05) is 16.6 Å². The summed E-state index contributed by atoms with van der Waals surface area (Å²) in [5.41, 5.74) is 7.77. The highest BCUT2D eigenvalue weighted by atomic mass is 14.9. The first-order chi connectivity index (χ1) is 14.2. The van der Waals surface area contributed by atoms with Crippen molar-refractivity contribution in [2.75, 3.05) is 5.32 Å². The molecule has 2 nitrogen and oxygen atoms in total. The summed E-state index contributed by atoms with van der Waals surface area (Å²) in [7, 11) is 0. The van der Waals surface area contributed by atoms with Gasteiger partial charge in [0.05, 0.1) is 16.9 Å². The number of anilines is 2. The molecule has 0 atom stereocenters. The van der Waals surface area contributed by atoms with Crippen LogP contribution < -0.4 is 5.32 Å². The average molecular weight is 374 g/mol. The molecule has 1 N–H and O–H groups in total. The molecule has 5 rings (SSSR count). The Kier molecular flexibility index (Phi) is 4.25. The molecular formula is C27H22N2. The standard InChI is InChI=1S/C27H22N2/c1-18-8-5-9-19(2)26(18)29-25-15-7-12-21-16-17-24(28-27(21)25)23-14-6-11-20-10-3-4-13-22(20)23/h3-17,29H,1-2H3. The first kappa shape index (κ1) is 17.4. The molecule has 1 aromatic heterocycles. The second-order valence-electron chi connectivity index (χ2n) is 7.49. The van der Waals surface area contributed by atoms with Crippen LogP contribution in [0.2, 0.25) is 0 Å². The van der Waals surface area contributed by atoms with Gasteiger partial charge in [-0.2, -0.15) is 0 Å². The maximum absolute atomic E-state index is 5.09. The third kappa shape index (κ3) is 3.13. The van der Waals surface area contributed by atoms with Gasteiger partial charge in [-0.25, -0.2) is 4.98 Å². The maximum Gasteiger partial charge on any atom is 0.0944 e. The molecule has 0 amide bonds. The predicted molar refractivity (Wildman–Crippen MR) is 124 cm³/mol. The lowest BCUT2D eigenvalue weighted by atomic mass is 10.0. The van der Waals surface area contributed by atoms with E-state index in [0.29, 0.717) is 0 Å². The Morgan fingerprint density at radius 3 is 2.17 bits per heavy atom. The van der Waals surface area contributed by atoms with Gasteiger partial charge in [0.2, 0.25) is 0 Å². The van der Waals surface area contributed by atoms with E-state index < -0.39 is 0 Å². The Hall–Kier alpha value is -3.65. The Balaban J connectivity index is 1.68. The zero-order valence-electron chi connectivity index (χ0n) is 16.6. The van der Waals surface area contributed by atoms with Crippen LogP contribution in [0.5, 0.6) is 0 Å². The molecule has 5 aromatic rings. The van der Waals surface area contributed by atoms with Gasteiger partial charge in [0.15, 0.2) is 0 Å². The van der Waals surface area contributed by atoms with E-state index in [0.717, 1.165) is 33.5 Å². The summed E-state index contributed by atoms with van der Waals surface area (Å²) in [6, 6.07) is 31.8. The fourth-order valence-electron chi connectivity index (χ4n) is 3.99. The minimum atomic E-state index is 0.987. The molecule has 0 saturated carbocycles. The molecule has 0 bridgehead atoms. The normalized spacial score (nSPS) is 11.1. The van der Waals surface area contributed by atoms with Crippen LogP contribution in [0, 0.1) is 13.8 Å². The monoisotopic (exact) mass is 374 g/mol. The number of hydrogen-bond donors (Lipinski definition) is 1. The van der Waals surface area contributed by atoms with Gasteiger partial charge in [-0.1, -0.05) is 78.9 Å². The highest BCUT2D eigenvalue weighted by Gasteiger charge is 2.10. The lowest BCUT2D eigenvalue weighted by molar-refractivity contribution is 1.35. The van der Waals surface area contributed by atoms with E-state index >= 15 is 0 Å². The van der Waals surface area contributed by atoms with Crippen molar-refractivity contribution in [2.24, 2.45) is 0 Å². The second kappa shape index (κ2) is 7.06. The first-order valence-electron chi connectivity index (χ1n) is 9.92. The molecule has 0 aliphatic carbocycles. The van der Waals surface area contributed by atoms with E-state index in [1.54, 1.807) is 0 Å². The van der Waals surface area contributed by atoms with E-state index in [4.69, 9.17) is 4.98 Å². The highest BCUT2D eigenvalue weighted by molar-refractivity contribution is 5.99. The predicted octanol–water partition coefficient (Wildman–Crippen LogP) is 7.42. The first-order valence-corrected chi connectivity index (χ1v) is 9.92. The molecule has 0 aliphatic rings. The summed E-state index contributed by atoms with van der Waals surface area (Å²) in [5, 5.41) is 7.22. The van der Waals surface area contributed by atoms with Crippen LogP contribution in [0.3, 0.4) is 0 Å². The lowest BCUT2D eigenvalue weighted by Crippen LogP contribution is -1.98. The summed E-state index contributed by atoms with van der Waals surface area (Å²) >= 11 is 0. The van der Waals surface area contributed by atoms with Crippen LogP contribution in [0.15, 0.2) is 91.0 Å². The topological polar surface area (TPSA) is 24.9 Å². The van der Waals surface area contributed by atoms with Crippen molar-refractivity contribution < 1.29 is 0 Å². The molecule has 140 valence electrons. The van der Waals surface area contributed by atoms with Gasteiger partial charge in [-0.15, -0.1) is 0 Å². The molecule has 2 heteroatoms. The van der Waals surface area contributed by atoms with Gasteiger partial charge in [0.1, 0.15) is 0 Å². The molecule has 0 unspecified atom stereocenters. The Morgan fingerprint density at radius 2 is 1.31 bits per heavy atom. The Bertz CT molecular complexity index is 1330. The summed E-state index contributed by atoms with van der Waals surface area (Å²) in [4.78, 5) is 5.09. The largest absolute Gasteiger partial charge is 0.353 e. The number of rotatable bonds is 3. The van der Waals surface area contributed by atoms with Crippen molar-refractivity contribution in [3.8, 4) is 11.3 Å². The number of hydrogen-bond acceptors (Lipinski definition) is 2. The average Bonchev–Trinajstić information content (AvgIpc) is 2.76. The van der Waals surface area contributed by atoms with Crippen molar-refractivity contribution in [3.63, 3.8) is 0 Å². The number of para-hydroxylation sites is 2. The van der Waals surface area contributed by atoms with Gasteiger partial charge in [-0.05, 0) is 47.9 Å². The number of pyridine rings is 1. The highest BCUT2D eigenvalue weighted by Crippen LogP contribution is 2.32. The third-order valence-corrected chi connectivity index (χ3v) is 5.53. The molecule has 0 spiro atoms. The minimum Gasteiger partial charge on any atom is -0.353 e. The summed E-state index contributed by atoms with van der Waals surface area (Å²) in [6.45, 7) is 4.27. The summed E-state index contributed by atoms with van der Waals surface area (Å²) < 4.78 is 0. The smallest absolute Gasteiger partial charge is 0.0944 e. The quantitative estimate of drug-likeness (QED) is 0.355. The van der Waals surface area contributed by atoms with Crippen molar-refractivity contribution >= 4 is 33.1 Å². The van der Waals surface area contributed by atoms with Crippen LogP contribution in [0.1, 0.15) is 11.1 Å². The van der Waals surface area contributed by atoms with Crippen molar-refractivity contribution in [2.45, 2.75) is 13.8 Å². The number of aryl methyl sites for hydroxylation is 2. The second-order valence-corrected chi connectivity index (χ2v) is 7.49. The maximum atomic E-state index is 5.09. The molecule has 0 radical (unpaired) electrons. The number of nitrogens with zero attached hydrogens (tertiary/aromatic N) is 1. The van der Waals surface area contributed by atoms with E-state index in [9.17, 15) is 0 Å². The van der Waals surface area contributed by atoms with Crippen molar-refractivity contribution in [3.05, 3.63) is 102 Å². The lowest BCUT2D eigenvalue weighted by Gasteiger charge is -2.15.